The van der Waals surface area contributed by atoms with E-state index in [2.05, 4.69) is 45.2 Å². The zero-order valence-corrected chi connectivity index (χ0v) is 9.77. The van der Waals surface area contributed by atoms with Crippen LogP contribution in [-0.4, -0.2) is 13.7 Å². The molecule has 2 aromatic carbocycles. The van der Waals surface area contributed by atoms with Crippen LogP contribution < -0.4 is 20.9 Å². The van der Waals surface area contributed by atoms with Crippen molar-refractivity contribution in [3.05, 3.63) is 48.5 Å². The van der Waals surface area contributed by atoms with Crippen molar-refractivity contribution in [2.75, 3.05) is 20.9 Å². The standard InChI is InChI=1S/C12H12B2N4/c1-2-6-10-9(5-1)15-13-14(16-10)18-12-8-4-3-7-11(12)17-13/h1-8,15-18H. The summed E-state index contributed by atoms with van der Waals surface area (Å²) < 4.78 is 0. The predicted octanol–water partition coefficient (Wildman–Crippen LogP) is 2.12. The van der Waals surface area contributed by atoms with E-state index in [1.54, 1.807) is 0 Å². The van der Waals surface area contributed by atoms with Gasteiger partial charge in [-0.2, -0.15) is 0 Å². The summed E-state index contributed by atoms with van der Waals surface area (Å²) in [7, 11) is 0. The average molecular weight is 234 g/mol. The van der Waals surface area contributed by atoms with E-state index < -0.39 is 0 Å². The summed E-state index contributed by atoms with van der Waals surface area (Å²) in [5, 5.41) is 14.0. The molecule has 18 heavy (non-hydrogen) atoms. The van der Waals surface area contributed by atoms with Gasteiger partial charge in [-0.15, -0.1) is 0 Å². The number of fused-ring (bicyclic) bond motifs is 3. The normalized spacial score (nSPS) is 15.1. The molecule has 2 aliphatic rings. The van der Waals surface area contributed by atoms with Gasteiger partial charge in [-0.25, -0.2) is 0 Å². The number of hydrogen-bond acceptors (Lipinski definition) is 4. The maximum atomic E-state index is 3.50. The maximum absolute atomic E-state index is 3.50. The highest BCUT2D eigenvalue weighted by molar-refractivity contribution is 7.28. The number of rotatable bonds is 0. The highest BCUT2D eigenvalue weighted by Crippen LogP contribution is 2.31. The van der Waals surface area contributed by atoms with E-state index >= 15 is 0 Å². The highest BCUT2D eigenvalue weighted by atomic mass is 15.1. The van der Waals surface area contributed by atoms with Gasteiger partial charge in [-0.1, -0.05) is 24.3 Å². The largest absolute Gasteiger partial charge is 0.411 e. The van der Waals surface area contributed by atoms with Gasteiger partial charge in [0, 0.05) is 22.7 Å². The van der Waals surface area contributed by atoms with Crippen LogP contribution in [0.5, 0.6) is 0 Å². The fourth-order valence-electron chi connectivity index (χ4n) is 2.55. The Kier molecular flexibility index (Phi) is 1.97. The van der Waals surface area contributed by atoms with Crippen LogP contribution in [0.25, 0.3) is 0 Å². The van der Waals surface area contributed by atoms with Crippen molar-refractivity contribution >= 4 is 36.5 Å². The van der Waals surface area contributed by atoms with Crippen molar-refractivity contribution < 1.29 is 0 Å². The number of para-hydroxylation sites is 4. The molecule has 0 atom stereocenters. The van der Waals surface area contributed by atoms with Crippen LogP contribution >= 0.6 is 0 Å². The summed E-state index contributed by atoms with van der Waals surface area (Å²) in [6.45, 7) is 0.296. The number of hydrogen-bond donors (Lipinski definition) is 4. The molecule has 0 amide bonds. The Morgan fingerprint density at radius 1 is 0.500 bits per heavy atom. The molecule has 0 saturated heterocycles. The van der Waals surface area contributed by atoms with E-state index in [0.29, 0.717) is 0 Å². The minimum Gasteiger partial charge on any atom is -0.411 e. The van der Waals surface area contributed by atoms with Gasteiger partial charge in [0.25, 0.3) is 0 Å². The van der Waals surface area contributed by atoms with Crippen molar-refractivity contribution in [1.29, 1.82) is 0 Å². The molecule has 6 heteroatoms. The van der Waals surface area contributed by atoms with E-state index in [1.165, 1.54) is 0 Å². The third-order valence-corrected chi connectivity index (χ3v) is 3.43. The molecule has 4 rings (SSSR count). The van der Waals surface area contributed by atoms with Crippen molar-refractivity contribution in [2.24, 2.45) is 0 Å². The first-order valence-electron chi connectivity index (χ1n) is 6.14. The molecule has 2 aliphatic heterocycles. The lowest BCUT2D eigenvalue weighted by Gasteiger charge is -2.36. The fourth-order valence-corrected chi connectivity index (χ4v) is 2.55. The number of anilines is 4. The first-order valence-corrected chi connectivity index (χ1v) is 6.14. The first-order chi connectivity index (χ1) is 8.90. The van der Waals surface area contributed by atoms with Crippen LogP contribution in [-0.2, 0) is 0 Å². The summed E-state index contributed by atoms with van der Waals surface area (Å²) in [6, 6.07) is 16.5. The Morgan fingerprint density at radius 3 is 1.06 bits per heavy atom. The molecule has 0 unspecified atom stereocenters. The van der Waals surface area contributed by atoms with E-state index in [-0.39, 0.29) is 13.7 Å². The second kappa shape index (κ2) is 3.63. The summed E-state index contributed by atoms with van der Waals surface area (Å²) >= 11 is 0. The van der Waals surface area contributed by atoms with E-state index in [0.717, 1.165) is 22.7 Å². The number of benzene rings is 2. The van der Waals surface area contributed by atoms with Gasteiger partial charge in [0.05, 0.1) is 0 Å². The Labute approximate surface area is 106 Å². The van der Waals surface area contributed by atoms with Gasteiger partial charge in [-0.05, 0) is 24.3 Å². The van der Waals surface area contributed by atoms with Gasteiger partial charge in [0.15, 0.2) is 0 Å². The summed E-state index contributed by atoms with van der Waals surface area (Å²) in [5.74, 6) is 0. The van der Waals surface area contributed by atoms with Crippen molar-refractivity contribution in [3.63, 3.8) is 0 Å². The monoisotopic (exact) mass is 234 g/mol. The predicted molar refractivity (Wildman–Crippen MR) is 78.9 cm³/mol. The van der Waals surface area contributed by atoms with Crippen LogP contribution in [0.1, 0.15) is 0 Å². The van der Waals surface area contributed by atoms with Gasteiger partial charge in [-0.3, -0.25) is 0 Å². The minimum atomic E-state index is 0.148. The molecular weight excluding hydrogens is 222 g/mol. The van der Waals surface area contributed by atoms with E-state index in [9.17, 15) is 0 Å². The summed E-state index contributed by atoms with van der Waals surface area (Å²) in [6.07, 6.45) is 0. The Bertz CT molecular complexity index is 501. The number of nitrogens with one attached hydrogen (secondary N) is 4. The molecule has 0 aromatic heterocycles. The Balaban J connectivity index is 1.70. The van der Waals surface area contributed by atoms with Crippen molar-refractivity contribution in [1.82, 2.24) is 0 Å². The van der Waals surface area contributed by atoms with E-state index in [4.69, 9.17) is 0 Å². The Hall–Kier alpha value is -2.23. The van der Waals surface area contributed by atoms with Gasteiger partial charge >= 0.3 is 13.7 Å². The smallest absolute Gasteiger partial charge is 0.385 e. The van der Waals surface area contributed by atoms with Crippen molar-refractivity contribution in [2.45, 2.75) is 0 Å². The lowest BCUT2D eigenvalue weighted by Crippen LogP contribution is -2.62. The second-order valence-corrected chi connectivity index (χ2v) is 4.62. The van der Waals surface area contributed by atoms with Crippen LogP contribution in [0.4, 0.5) is 22.7 Å². The van der Waals surface area contributed by atoms with E-state index in [1.807, 2.05) is 24.3 Å². The molecule has 0 aliphatic carbocycles. The molecule has 4 nitrogen and oxygen atoms in total. The zero-order chi connectivity index (χ0) is 11.9. The third-order valence-electron chi connectivity index (χ3n) is 3.43. The quantitative estimate of drug-likeness (QED) is 0.527. The topological polar surface area (TPSA) is 48.1 Å². The third kappa shape index (κ3) is 1.42. The highest BCUT2D eigenvalue weighted by Gasteiger charge is 2.40. The van der Waals surface area contributed by atoms with Crippen LogP contribution in [0.15, 0.2) is 48.5 Å². The molecule has 2 heterocycles. The zero-order valence-electron chi connectivity index (χ0n) is 9.77. The SMILES string of the molecule is c1ccc2c(c1)NB1Nc3ccccc3NB1N2. The lowest BCUT2D eigenvalue weighted by molar-refractivity contribution is 1.52. The fraction of sp³-hybridized carbons (Fsp3) is 0. The molecular formula is C12H12B2N4. The molecule has 0 fully saturated rings. The molecule has 0 spiro atoms. The molecule has 0 bridgehead atoms. The van der Waals surface area contributed by atoms with Gasteiger partial charge in [0.2, 0.25) is 0 Å². The molecule has 0 saturated carbocycles. The van der Waals surface area contributed by atoms with Crippen LogP contribution in [0.3, 0.4) is 0 Å². The second-order valence-electron chi connectivity index (χ2n) is 4.62. The van der Waals surface area contributed by atoms with Gasteiger partial charge in [0.1, 0.15) is 0 Å². The van der Waals surface area contributed by atoms with Crippen LogP contribution in [0, 0.1) is 0 Å². The van der Waals surface area contributed by atoms with Crippen LogP contribution in [0.2, 0.25) is 0 Å². The summed E-state index contributed by atoms with van der Waals surface area (Å²) in [4.78, 5) is 0. The molecule has 86 valence electrons. The molecule has 0 radical (unpaired) electrons. The Morgan fingerprint density at radius 2 is 0.778 bits per heavy atom. The van der Waals surface area contributed by atoms with Gasteiger partial charge < -0.3 is 20.9 Å². The molecule has 4 N–H and O–H groups in total. The maximum Gasteiger partial charge on any atom is 0.385 e. The summed E-state index contributed by atoms with van der Waals surface area (Å²) in [5.41, 5.74) is 4.53. The first kappa shape index (κ1) is 9.76. The average Bonchev–Trinajstić information content (AvgIpc) is 2.42. The lowest BCUT2D eigenvalue weighted by atomic mass is 9.32. The van der Waals surface area contributed by atoms with Crippen molar-refractivity contribution in [3.8, 4) is 0 Å². The molecule has 2 aromatic rings. The minimum absolute atomic E-state index is 0.148.